The van der Waals surface area contributed by atoms with Crippen LogP contribution in [-0.2, 0) is 16.1 Å². The molecule has 1 aromatic rings. The Bertz CT molecular complexity index is 620. The molecule has 1 aliphatic heterocycles. The molecule has 0 radical (unpaired) electrons. The highest BCUT2D eigenvalue weighted by molar-refractivity contribution is 5.76. The topological polar surface area (TPSA) is 68.2 Å². The van der Waals surface area contributed by atoms with Gasteiger partial charge >= 0.3 is 5.97 Å². The van der Waals surface area contributed by atoms with E-state index in [2.05, 4.69) is 4.90 Å². The van der Waals surface area contributed by atoms with Gasteiger partial charge in [0.2, 0.25) is 0 Å². The van der Waals surface area contributed by atoms with Gasteiger partial charge in [0.15, 0.2) is 11.5 Å². The maximum absolute atomic E-state index is 12.3. The van der Waals surface area contributed by atoms with Crippen molar-refractivity contribution in [1.82, 2.24) is 4.90 Å². The molecule has 2 fully saturated rings. The van der Waals surface area contributed by atoms with Crippen molar-refractivity contribution in [3.05, 3.63) is 23.8 Å². The molecule has 1 heterocycles. The highest BCUT2D eigenvalue weighted by Crippen LogP contribution is 2.41. The molecule has 2 aliphatic rings. The Labute approximate surface area is 148 Å². The van der Waals surface area contributed by atoms with Gasteiger partial charge in [0.1, 0.15) is 6.04 Å². The Balaban J connectivity index is 1.85. The van der Waals surface area contributed by atoms with E-state index in [1.807, 2.05) is 18.2 Å². The SMILES string of the molecule is COC(=O)[C@@H]1C[C@H]2CC[C@@H](O)C[C@H]2N1Cc1ccc(OC)c(OC)c1. The fourth-order valence-electron chi connectivity index (χ4n) is 4.31. The third kappa shape index (κ3) is 3.60. The van der Waals surface area contributed by atoms with Gasteiger partial charge in [-0.15, -0.1) is 0 Å². The zero-order chi connectivity index (χ0) is 18.0. The molecule has 0 unspecified atom stereocenters. The first-order valence-corrected chi connectivity index (χ1v) is 8.80. The number of carbonyl (C=O) groups is 1. The Morgan fingerprint density at radius 2 is 1.92 bits per heavy atom. The number of hydrogen-bond donors (Lipinski definition) is 1. The molecule has 1 N–H and O–H groups in total. The summed E-state index contributed by atoms with van der Waals surface area (Å²) in [5.41, 5.74) is 1.05. The van der Waals surface area contributed by atoms with Crippen LogP contribution >= 0.6 is 0 Å². The second-order valence-corrected chi connectivity index (χ2v) is 6.93. The predicted molar refractivity (Wildman–Crippen MR) is 92.6 cm³/mol. The van der Waals surface area contributed by atoms with E-state index >= 15 is 0 Å². The summed E-state index contributed by atoms with van der Waals surface area (Å²) in [5, 5.41) is 10.1. The van der Waals surface area contributed by atoms with Gasteiger partial charge in [-0.3, -0.25) is 9.69 Å². The molecule has 25 heavy (non-hydrogen) atoms. The Morgan fingerprint density at radius 1 is 1.16 bits per heavy atom. The minimum absolute atomic E-state index is 0.190. The van der Waals surface area contributed by atoms with E-state index in [1.165, 1.54) is 7.11 Å². The van der Waals surface area contributed by atoms with Gasteiger partial charge in [0, 0.05) is 12.6 Å². The molecule has 6 nitrogen and oxygen atoms in total. The molecule has 1 saturated heterocycles. The molecule has 0 aromatic heterocycles. The van der Waals surface area contributed by atoms with E-state index in [0.29, 0.717) is 30.4 Å². The third-order valence-electron chi connectivity index (χ3n) is 5.57. The Morgan fingerprint density at radius 3 is 2.60 bits per heavy atom. The first-order valence-electron chi connectivity index (χ1n) is 8.80. The van der Waals surface area contributed by atoms with Crippen molar-refractivity contribution < 1.29 is 24.1 Å². The van der Waals surface area contributed by atoms with Crippen LogP contribution in [0.3, 0.4) is 0 Å². The number of rotatable bonds is 5. The largest absolute Gasteiger partial charge is 0.493 e. The highest BCUT2D eigenvalue weighted by Gasteiger charge is 2.47. The smallest absolute Gasteiger partial charge is 0.323 e. The molecular formula is C19H27NO5. The molecule has 1 aromatic carbocycles. The molecule has 0 amide bonds. The van der Waals surface area contributed by atoms with E-state index in [-0.39, 0.29) is 24.2 Å². The maximum atomic E-state index is 12.3. The number of ether oxygens (including phenoxy) is 3. The Kier molecular flexibility index (Phi) is 5.49. The lowest BCUT2D eigenvalue weighted by molar-refractivity contribution is -0.146. The van der Waals surface area contributed by atoms with Crippen molar-refractivity contribution in [3.8, 4) is 11.5 Å². The van der Waals surface area contributed by atoms with Gasteiger partial charge in [0.05, 0.1) is 27.4 Å². The van der Waals surface area contributed by atoms with Gasteiger partial charge in [0.25, 0.3) is 0 Å². The van der Waals surface area contributed by atoms with Gasteiger partial charge < -0.3 is 19.3 Å². The summed E-state index contributed by atoms with van der Waals surface area (Å²) in [4.78, 5) is 14.5. The molecule has 0 spiro atoms. The summed E-state index contributed by atoms with van der Waals surface area (Å²) >= 11 is 0. The summed E-state index contributed by atoms with van der Waals surface area (Å²) in [6, 6.07) is 5.77. The molecule has 3 rings (SSSR count). The number of aliphatic hydroxyl groups excluding tert-OH is 1. The van der Waals surface area contributed by atoms with Crippen molar-refractivity contribution in [2.45, 2.75) is 50.4 Å². The molecule has 138 valence electrons. The Hall–Kier alpha value is -1.79. The predicted octanol–water partition coefficient (Wildman–Crippen LogP) is 1.98. The lowest BCUT2D eigenvalue weighted by Crippen LogP contribution is -2.44. The number of hydrogen-bond acceptors (Lipinski definition) is 6. The number of nitrogens with zero attached hydrogens (tertiary/aromatic N) is 1. The van der Waals surface area contributed by atoms with Gasteiger partial charge in [-0.1, -0.05) is 6.07 Å². The van der Waals surface area contributed by atoms with Crippen LogP contribution in [0.25, 0.3) is 0 Å². The van der Waals surface area contributed by atoms with Crippen molar-refractivity contribution in [2.24, 2.45) is 5.92 Å². The fourth-order valence-corrected chi connectivity index (χ4v) is 4.31. The number of benzene rings is 1. The van der Waals surface area contributed by atoms with Crippen molar-refractivity contribution >= 4 is 5.97 Å². The first kappa shape index (κ1) is 18.0. The van der Waals surface area contributed by atoms with E-state index in [4.69, 9.17) is 14.2 Å². The highest BCUT2D eigenvalue weighted by atomic mass is 16.5. The summed E-state index contributed by atoms with van der Waals surface area (Å²) in [6.07, 6.45) is 3.01. The molecular weight excluding hydrogens is 322 g/mol. The van der Waals surface area contributed by atoms with E-state index < -0.39 is 0 Å². The molecule has 6 heteroatoms. The number of fused-ring (bicyclic) bond motifs is 1. The van der Waals surface area contributed by atoms with Crippen LogP contribution in [0.15, 0.2) is 18.2 Å². The zero-order valence-corrected chi connectivity index (χ0v) is 15.1. The molecule has 4 atom stereocenters. The second-order valence-electron chi connectivity index (χ2n) is 6.93. The van der Waals surface area contributed by atoms with Crippen LogP contribution in [0.2, 0.25) is 0 Å². The molecule has 1 saturated carbocycles. The van der Waals surface area contributed by atoms with Crippen molar-refractivity contribution in [3.63, 3.8) is 0 Å². The minimum Gasteiger partial charge on any atom is -0.493 e. The van der Waals surface area contributed by atoms with Crippen LogP contribution < -0.4 is 9.47 Å². The second kappa shape index (κ2) is 7.62. The van der Waals surface area contributed by atoms with Crippen molar-refractivity contribution in [1.29, 1.82) is 0 Å². The van der Waals surface area contributed by atoms with Crippen LogP contribution in [0.1, 0.15) is 31.2 Å². The van der Waals surface area contributed by atoms with Crippen LogP contribution in [0.4, 0.5) is 0 Å². The average molecular weight is 349 g/mol. The standard InChI is InChI=1S/C19H27NO5/c1-23-17-7-4-12(8-18(17)24-2)11-20-15-10-14(21)6-5-13(15)9-16(20)19(22)25-3/h4,7-8,13-16,21H,5-6,9-11H2,1-3H3/t13-,14-,15-,16+/m1/s1. The quantitative estimate of drug-likeness (QED) is 0.820. The summed E-state index contributed by atoms with van der Waals surface area (Å²) in [5.74, 6) is 1.61. The van der Waals surface area contributed by atoms with Gasteiger partial charge in [-0.05, 0) is 49.3 Å². The summed E-state index contributed by atoms with van der Waals surface area (Å²) < 4.78 is 15.7. The van der Waals surface area contributed by atoms with Crippen LogP contribution in [-0.4, -0.2) is 55.5 Å². The lowest BCUT2D eigenvalue weighted by Gasteiger charge is -2.35. The monoisotopic (exact) mass is 349 g/mol. The van der Waals surface area contributed by atoms with Gasteiger partial charge in [-0.2, -0.15) is 0 Å². The molecule has 1 aliphatic carbocycles. The minimum atomic E-state index is -0.287. The number of aliphatic hydroxyl groups is 1. The number of methoxy groups -OCH3 is 3. The van der Waals surface area contributed by atoms with Crippen LogP contribution in [0.5, 0.6) is 11.5 Å². The fraction of sp³-hybridized carbons (Fsp3) is 0.632. The van der Waals surface area contributed by atoms with E-state index in [1.54, 1.807) is 14.2 Å². The van der Waals surface area contributed by atoms with E-state index in [0.717, 1.165) is 24.8 Å². The third-order valence-corrected chi connectivity index (χ3v) is 5.57. The molecule has 0 bridgehead atoms. The van der Waals surface area contributed by atoms with Gasteiger partial charge in [-0.25, -0.2) is 0 Å². The normalized spacial score (nSPS) is 29.1. The van der Waals surface area contributed by atoms with E-state index in [9.17, 15) is 9.90 Å². The summed E-state index contributed by atoms with van der Waals surface area (Å²) in [6.45, 7) is 0.619. The summed E-state index contributed by atoms with van der Waals surface area (Å²) in [7, 11) is 4.66. The van der Waals surface area contributed by atoms with Crippen molar-refractivity contribution in [2.75, 3.05) is 21.3 Å². The number of carbonyl (C=O) groups excluding carboxylic acids is 1. The first-order chi connectivity index (χ1) is 12.1. The van der Waals surface area contributed by atoms with Crippen LogP contribution in [0, 0.1) is 5.92 Å². The number of esters is 1. The maximum Gasteiger partial charge on any atom is 0.323 e. The lowest BCUT2D eigenvalue weighted by atomic mass is 9.83. The zero-order valence-electron chi connectivity index (χ0n) is 15.1. The average Bonchev–Trinajstić information content (AvgIpc) is 2.98. The number of likely N-dealkylation sites (tertiary alicyclic amines) is 1.